The average Bonchev–Trinajstić information content (AvgIpc) is 2.47. The molecule has 0 aliphatic rings. The second kappa shape index (κ2) is 6.49. The van der Waals surface area contributed by atoms with Gasteiger partial charge in [0, 0.05) is 24.4 Å². The van der Waals surface area contributed by atoms with Crippen LogP contribution in [0.25, 0.3) is 0 Å². The molecule has 0 radical (unpaired) electrons. The lowest BCUT2D eigenvalue weighted by Crippen LogP contribution is -2.39. The minimum Gasteiger partial charge on any atom is -0.389 e. The summed E-state index contributed by atoms with van der Waals surface area (Å²) in [5, 5.41) is 0. The summed E-state index contributed by atoms with van der Waals surface area (Å²) < 4.78 is 2.76. The number of nitrogens with two attached hydrogens (primary N) is 1. The Kier molecular flexibility index (Phi) is 4.70. The Morgan fingerprint density at radius 3 is 2.71 bits per heavy atom. The first-order valence-electron chi connectivity index (χ1n) is 6.72. The SMILES string of the molecule is CCCn1ccc(=O)n(Cc2cccc(C(N)=S)c2)c1=O. The van der Waals surface area contributed by atoms with Gasteiger partial charge in [-0.05, 0) is 18.1 Å². The van der Waals surface area contributed by atoms with Crippen LogP contribution >= 0.6 is 12.2 Å². The van der Waals surface area contributed by atoms with Gasteiger partial charge in [0.1, 0.15) is 4.99 Å². The molecule has 21 heavy (non-hydrogen) atoms. The van der Waals surface area contributed by atoms with Crippen LogP contribution in [0.15, 0.2) is 46.1 Å². The molecule has 0 saturated heterocycles. The maximum Gasteiger partial charge on any atom is 0.331 e. The third-order valence-corrected chi connectivity index (χ3v) is 3.39. The maximum atomic E-state index is 12.3. The van der Waals surface area contributed by atoms with Gasteiger partial charge in [-0.2, -0.15) is 0 Å². The summed E-state index contributed by atoms with van der Waals surface area (Å²) in [6.07, 6.45) is 2.37. The molecule has 0 unspecified atom stereocenters. The Balaban J connectivity index is 2.42. The van der Waals surface area contributed by atoms with Crippen LogP contribution in [0.2, 0.25) is 0 Å². The first-order valence-corrected chi connectivity index (χ1v) is 7.12. The van der Waals surface area contributed by atoms with Gasteiger partial charge in [-0.25, -0.2) is 4.79 Å². The minimum absolute atomic E-state index is 0.207. The summed E-state index contributed by atoms with van der Waals surface area (Å²) in [7, 11) is 0. The fourth-order valence-electron chi connectivity index (χ4n) is 2.12. The molecule has 2 aromatic rings. The van der Waals surface area contributed by atoms with Gasteiger partial charge in [0.05, 0.1) is 6.54 Å². The summed E-state index contributed by atoms with van der Waals surface area (Å²) in [6.45, 7) is 2.78. The van der Waals surface area contributed by atoms with Gasteiger partial charge in [-0.3, -0.25) is 9.36 Å². The van der Waals surface area contributed by atoms with Crippen molar-refractivity contribution in [1.29, 1.82) is 0 Å². The van der Waals surface area contributed by atoms with Crippen molar-refractivity contribution in [3.8, 4) is 0 Å². The highest BCUT2D eigenvalue weighted by molar-refractivity contribution is 7.80. The van der Waals surface area contributed by atoms with E-state index in [1.807, 2.05) is 19.1 Å². The normalized spacial score (nSPS) is 10.5. The quantitative estimate of drug-likeness (QED) is 0.840. The fourth-order valence-corrected chi connectivity index (χ4v) is 2.25. The Hall–Kier alpha value is -2.21. The topological polar surface area (TPSA) is 70.0 Å². The number of aryl methyl sites for hydroxylation is 1. The van der Waals surface area contributed by atoms with Gasteiger partial charge in [0.15, 0.2) is 0 Å². The number of hydrogen-bond donors (Lipinski definition) is 1. The molecule has 0 aliphatic carbocycles. The number of benzene rings is 1. The van der Waals surface area contributed by atoms with Crippen molar-refractivity contribution < 1.29 is 0 Å². The molecule has 0 spiro atoms. The lowest BCUT2D eigenvalue weighted by Gasteiger charge is -2.10. The van der Waals surface area contributed by atoms with Crippen molar-refractivity contribution in [2.45, 2.75) is 26.4 Å². The zero-order valence-corrected chi connectivity index (χ0v) is 12.6. The van der Waals surface area contributed by atoms with Crippen LogP contribution in [-0.2, 0) is 13.1 Å². The molecule has 0 fully saturated rings. The molecule has 2 N–H and O–H groups in total. The van der Waals surface area contributed by atoms with E-state index >= 15 is 0 Å². The predicted molar refractivity (Wildman–Crippen MR) is 86.7 cm³/mol. The van der Waals surface area contributed by atoms with Crippen LogP contribution in [0.1, 0.15) is 24.5 Å². The van der Waals surface area contributed by atoms with Crippen LogP contribution in [-0.4, -0.2) is 14.1 Å². The molecular weight excluding hydrogens is 286 g/mol. The van der Waals surface area contributed by atoms with Gasteiger partial charge >= 0.3 is 5.69 Å². The van der Waals surface area contributed by atoms with Crippen molar-refractivity contribution in [2.24, 2.45) is 5.73 Å². The van der Waals surface area contributed by atoms with Crippen molar-refractivity contribution in [3.05, 3.63) is 68.5 Å². The zero-order chi connectivity index (χ0) is 15.4. The third kappa shape index (κ3) is 3.46. The lowest BCUT2D eigenvalue weighted by atomic mass is 10.1. The molecule has 0 aliphatic heterocycles. The molecule has 5 nitrogen and oxygen atoms in total. The molecule has 0 amide bonds. The van der Waals surface area contributed by atoms with E-state index in [4.69, 9.17) is 18.0 Å². The predicted octanol–water partition coefficient (Wildman–Crippen LogP) is 1.10. The third-order valence-electron chi connectivity index (χ3n) is 3.16. The summed E-state index contributed by atoms with van der Waals surface area (Å²) in [5.41, 5.74) is 6.52. The van der Waals surface area contributed by atoms with Crippen LogP contribution in [0, 0.1) is 0 Å². The first-order chi connectivity index (χ1) is 10.0. The zero-order valence-electron chi connectivity index (χ0n) is 11.8. The molecule has 1 heterocycles. The summed E-state index contributed by atoms with van der Waals surface area (Å²) >= 11 is 4.94. The molecule has 1 aromatic carbocycles. The maximum absolute atomic E-state index is 12.3. The summed E-state index contributed by atoms with van der Waals surface area (Å²) in [4.78, 5) is 24.5. The highest BCUT2D eigenvalue weighted by Gasteiger charge is 2.06. The number of aromatic nitrogens is 2. The smallest absolute Gasteiger partial charge is 0.331 e. The monoisotopic (exact) mass is 303 g/mol. The van der Waals surface area contributed by atoms with Crippen LogP contribution in [0.5, 0.6) is 0 Å². The molecule has 2 rings (SSSR count). The number of hydrogen-bond acceptors (Lipinski definition) is 3. The largest absolute Gasteiger partial charge is 0.389 e. The molecule has 6 heteroatoms. The molecule has 0 saturated carbocycles. The number of rotatable bonds is 5. The Bertz CT molecular complexity index is 777. The van der Waals surface area contributed by atoms with E-state index in [1.165, 1.54) is 16.8 Å². The van der Waals surface area contributed by atoms with E-state index in [1.54, 1.807) is 16.7 Å². The van der Waals surface area contributed by atoms with E-state index in [0.717, 1.165) is 17.5 Å². The van der Waals surface area contributed by atoms with Gasteiger partial charge in [-0.1, -0.05) is 37.3 Å². The number of nitrogens with zero attached hydrogens (tertiary/aromatic N) is 2. The average molecular weight is 303 g/mol. The lowest BCUT2D eigenvalue weighted by molar-refractivity contribution is 0.570. The summed E-state index contributed by atoms with van der Waals surface area (Å²) in [6, 6.07) is 8.65. The van der Waals surface area contributed by atoms with Gasteiger partial charge in [0.25, 0.3) is 5.56 Å². The van der Waals surface area contributed by atoms with Gasteiger partial charge < -0.3 is 10.3 Å². The highest BCUT2D eigenvalue weighted by Crippen LogP contribution is 2.05. The molecule has 110 valence electrons. The van der Waals surface area contributed by atoms with E-state index in [0.29, 0.717) is 11.5 Å². The summed E-state index contributed by atoms with van der Waals surface area (Å²) in [5.74, 6) is 0. The Morgan fingerprint density at radius 2 is 2.05 bits per heavy atom. The highest BCUT2D eigenvalue weighted by atomic mass is 32.1. The van der Waals surface area contributed by atoms with Crippen molar-refractivity contribution in [3.63, 3.8) is 0 Å². The van der Waals surface area contributed by atoms with E-state index < -0.39 is 0 Å². The van der Waals surface area contributed by atoms with E-state index in [2.05, 4.69) is 0 Å². The fraction of sp³-hybridized carbons (Fsp3) is 0.267. The first kappa shape index (κ1) is 15.2. The minimum atomic E-state index is -0.312. The van der Waals surface area contributed by atoms with Crippen molar-refractivity contribution in [1.82, 2.24) is 9.13 Å². The van der Waals surface area contributed by atoms with E-state index in [-0.39, 0.29) is 17.8 Å². The van der Waals surface area contributed by atoms with Gasteiger partial charge in [0.2, 0.25) is 0 Å². The molecular formula is C15H17N3O2S. The van der Waals surface area contributed by atoms with E-state index in [9.17, 15) is 9.59 Å². The molecule has 1 aromatic heterocycles. The van der Waals surface area contributed by atoms with Gasteiger partial charge in [-0.15, -0.1) is 0 Å². The van der Waals surface area contributed by atoms with Crippen LogP contribution in [0.3, 0.4) is 0 Å². The molecule has 0 bridgehead atoms. The number of thiocarbonyl (C=S) groups is 1. The van der Waals surface area contributed by atoms with Crippen molar-refractivity contribution >= 4 is 17.2 Å². The second-order valence-corrected chi connectivity index (χ2v) is 5.22. The Morgan fingerprint density at radius 1 is 1.29 bits per heavy atom. The van der Waals surface area contributed by atoms with Crippen LogP contribution in [0.4, 0.5) is 0 Å². The second-order valence-electron chi connectivity index (χ2n) is 4.78. The van der Waals surface area contributed by atoms with Crippen molar-refractivity contribution in [2.75, 3.05) is 0 Å². The standard InChI is InChI=1S/C15H17N3O2S/c1-2-7-17-8-6-13(19)18(15(17)20)10-11-4-3-5-12(9-11)14(16)21/h3-6,8-9H,2,7,10H2,1H3,(H2,16,21). The van der Waals surface area contributed by atoms with Crippen LogP contribution < -0.4 is 17.0 Å². The molecule has 0 atom stereocenters. The Labute approximate surface area is 127 Å².